The Kier molecular flexibility index (Phi) is 6.21. The minimum Gasteiger partial charge on any atom is -0.355 e. The van der Waals surface area contributed by atoms with Crippen molar-refractivity contribution in [2.24, 2.45) is 0 Å². The number of nitrogens with zero attached hydrogens (tertiary/aromatic N) is 2. The maximum absolute atomic E-state index is 12.9. The second-order valence-electron chi connectivity index (χ2n) is 6.55. The van der Waals surface area contributed by atoms with Crippen LogP contribution in [0, 0.1) is 0 Å². The molecule has 0 atom stereocenters. The maximum Gasteiger partial charge on any atom is 0.416 e. The highest BCUT2D eigenvalue weighted by atomic mass is 32.1. The number of hydrogen-bond donors (Lipinski definition) is 1. The molecule has 0 aliphatic rings. The molecule has 0 aliphatic heterocycles. The summed E-state index contributed by atoms with van der Waals surface area (Å²) in [5, 5.41) is 4.41. The van der Waals surface area contributed by atoms with Crippen molar-refractivity contribution in [1.29, 1.82) is 0 Å². The van der Waals surface area contributed by atoms with Gasteiger partial charge in [0.05, 0.1) is 5.56 Å². The number of rotatable bonds is 5. The van der Waals surface area contributed by atoms with Gasteiger partial charge in [-0.3, -0.25) is 9.59 Å². The SMILES string of the molecule is CNC(=O)c1ccc(CN(C)C(=O)c2csc(-c3cccc(C(F)(F)F)c3)n2)cc1. The number of aromatic nitrogens is 1. The van der Waals surface area contributed by atoms with Gasteiger partial charge in [0.15, 0.2) is 0 Å². The molecule has 5 nitrogen and oxygen atoms in total. The first-order chi connectivity index (χ1) is 14.2. The highest BCUT2D eigenvalue weighted by Gasteiger charge is 2.30. The summed E-state index contributed by atoms with van der Waals surface area (Å²) in [4.78, 5) is 29.9. The zero-order valence-electron chi connectivity index (χ0n) is 16.2. The minimum atomic E-state index is -4.44. The lowest BCUT2D eigenvalue weighted by Crippen LogP contribution is -2.26. The largest absolute Gasteiger partial charge is 0.416 e. The Labute approximate surface area is 175 Å². The van der Waals surface area contributed by atoms with Crippen molar-refractivity contribution < 1.29 is 22.8 Å². The predicted molar refractivity (Wildman–Crippen MR) is 108 cm³/mol. The summed E-state index contributed by atoms with van der Waals surface area (Å²) in [6.07, 6.45) is -4.44. The number of nitrogens with one attached hydrogen (secondary N) is 1. The Bertz CT molecular complexity index is 1060. The molecule has 1 N–H and O–H groups in total. The number of carbonyl (C=O) groups excluding carboxylic acids is 2. The summed E-state index contributed by atoms with van der Waals surface area (Å²) in [5.41, 5.74) is 1.05. The van der Waals surface area contributed by atoms with Gasteiger partial charge in [-0.05, 0) is 29.8 Å². The van der Waals surface area contributed by atoms with Gasteiger partial charge in [0.25, 0.3) is 11.8 Å². The summed E-state index contributed by atoms with van der Waals surface area (Å²) >= 11 is 1.11. The molecule has 0 saturated heterocycles. The first kappa shape index (κ1) is 21.5. The Balaban J connectivity index is 1.72. The number of amides is 2. The number of alkyl halides is 3. The number of carbonyl (C=O) groups is 2. The third-order valence-corrected chi connectivity index (χ3v) is 5.26. The molecule has 156 valence electrons. The van der Waals surface area contributed by atoms with E-state index in [4.69, 9.17) is 0 Å². The number of benzene rings is 2. The van der Waals surface area contributed by atoms with Crippen molar-refractivity contribution >= 4 is 23.2 Å². The molecule has 0 bridgehead atoms. The fraction of sp³-hybridized carbons (Fsp3) is 0.190. The summed E-state index contributed by atoms with van der Waals surface area (Å²) in [6, 6.07) is 11.7. The molecule has 3 aromatic rings. The van der Waals surface area contributed by atoms with E-state index in [1.165, 1.54) is 22.4 Å². The van der Waals surface area contributed by atoms with Crippen LogP contribution in [0.3, 0.4) is 0 Å². The maximum atomic E-state index is 12.9. The molecule has 1 aromatic heterocycles. The van der Waals surface area contributed by atoms with Crippen LogP contribution in [0.1, 0.15) is 32.0 Å². The molecule has 3 rings (SSSR count). The van der Waals surface area contributed by atoms with E-state index < -0.39 is 11.7 Å². The van der Waals surface area contributed by atoms with Crippen LogP contribution >= 0.6 is 11.3 Å². The van der Waals surface area contributed by atoms with Crippen LogP contribution in [-0.4, -0.2) is 35.8 Å². The molecule has 30 heavy (non-hydrogen) atoms. The Hall–Kier alpha value is -3.20. The minimum absolute atomic E-state index is 0.164. The van der Waals surface area contributed by atoms with E-state index in [0.717, 1.165) is 29.0 Å². The molecular weight excluding hydrogens is 415 g/mol. The van der Waals surface area contributed by atoms with Gasteiger partial charge in [-0.2, -0.15) is 13.2 Å². The van der Waals surface area contributed by atoms with Crippen LogP contribution in [0.4, 0.5) is 13.2 Å². The van der Waals surface area contributed by atoms with Crippen molar-refractivity contribution in [2.75, 3.05) is 14.1 Å². The lowest BCUT2D eigenvalue weighted by molar-refractivity contribution is -0.137. The van der Waals surface area contributed by atoms with Crippen LogP contribution in [0.15, 0.2) is 53.9 Å². The van der Waals surface area contributed by atoms with Gasteiger partial charge in [-0.15, -0.1) is 11.3 Å². The average molecular weight is 433 g/mol. The van der Waals surface area contributed by atoms with E-state index in [1.807, 2.05) is 0 Å². The highest BCUT2D eigenvalue weighted by Crippen LogP contribution is 2.33. The van der Waals surface area contributed by atoms with Crippen LogP contribution in [-0.2, 0) is 12.7 Å². The third-order valence-electron chi connectivity index (χ3n) is 4.37. The molecule has 2 amide bonds. The summed E-state index contributed by atoms with van der Waals surface area (Å²) in [7, 11) is 3.16. The molecular formula is C21H18F3N3O2S. The predicted octanol–water partition coefficient (Wildman–Crippen LogP) is 4.46. The van der Waals surface area contributed by atoms with Crippen LogP contribution in [0.25, 0.3) is 10.6 Å². The zero-order valence-corrected chi connectivity index (χ0v) is 17.0. The molecule has 9 heteroatoms. The number of hydrogen-bond acceptors (Lipinski definition) is 4. The fourth-order valence-corrected chi connectivity index (χ4v) is 3.57. The first-order valence-corrected chi connectivity index (χ1v) is 9.76. The smallest absolute Gasteiger partial charge is 0.355 e. The zero-order chi connectivity index (χ0) is 21.9. The molecule has 0 saturated carbocycles. The number of thiazole rings is 1. The van der Waals surface area contributed by atoms with Crippen LogP contribution < -0.4 is 5.32 Å². The topological polar surface area (TPSA) is 62.3 Å². The fourth-order valence-electron chi connectivity index (χ4n) is 2.78. The van der Waals surface area contributed by atoms with Crippen molar-refractivity contribution in [3.8, 4) is 10.6 Å². The van der Waals surface area contributed by atoms with E-state index in [2.05, 4.69) is 10.3 Å². The average Bonchev–Trinajstić information content (AvgIpc) is 3.23. The molecule has 0 spiro atoms. The molecule has 0 unspecified atom stereocenters. The quantitative estimate of drug-likeness (QED) is 0.646. The third kappa shape index (κ3) is 4.85. The van der Waals surface area contributed by atoms with E-state index in [9.17, 15) is 22.8 Å². The second-order valence-corrected chi connectivity index (χ2v) is 7.41. The van der Waals surface area contributed by atoms with Crippen molar-refractivity contribution in [3.63, 3.8) is 0 Å². The van der Waals surface area contributed by atoms with E-state index in [-0.39, 0.29) is 17.5 Å². The second kappa shape index (κ2) is 8.66. The van der Waals surface area contributed by atoms with Gasteiger partial charge in [0.1, 0.15) is 10.7 Å². The number of halogens is 3. The Morgan fingerprint density at radius 1 is 1.13 bits per heavy atom. The molecule has 0 fully saturated rings. The molecule has 0 aliphatic carbocycles. The van der Waals surface area contributed by atoms with Gasteiger partial charge in [-0.1, -0.05) is 24.3 Å². The molecule has 0 radical (unpaired) electrons. The van der Waals surface area contributed by atoms with Gasteiger partial charge >= 0.3 is 6.18 Å². The molecule has 2 aromatic carbocycles. The van der Waals surface area contributed by atoms with Gasteiger partial charge in [-0.25, -0.2) is 4.98 Å². The van der Waals surface area contributed by atoms with Crippen molar-refractivity contribution in [2.45, 2.75) is 12.7 Å². The van der Waals surface area contributed by atoms with E-state index in [1.54, 1.807) is 38.4 Å². The molecule has 1 heterocycles. The van der Waals surface area contributed by atoms with Gasteiger partial charge in [0.2, 0.25) is 0 Å². The lowest BCUT2D eigenvalue weighted by Gasteiger charge is -2.16. The summed E-state index contributed by atoms with van der Waals surface area (Å²) in [5.74, 6) is -0.546. The van der Waals surface area contributed by atoms with E-state index >= 15 is 0 Å². The van der Waals surface area contributed by atoms with Crippen molar-refractivity contribution in [3.05, 3.63) is 76.3 Å². The van der Waals surface area contributed by atoms with Gasteiger partial charge in [0, 0.05) is 37.1 Å². The standard InChI is InChI=1S/C21H18F3N3O2S/c1-25-18(28)14-8-6-13(7-9-14)11-27(2)20(29)17-12-30-19(26-17)15-4-3-5-16(10-15)21(22,23)24/h3-10,12H,11H2,1-2H3,(H,25,28). The monoisotopic (exact) mass is 433 g/mol. The first-order valence-electron chi connectivity index (χ1n) is 8.88. The summed E-state index contributed by atoms with van der Waals surface area (Å²) < 4.78 is 38.8. The van der Waals surface area contributed by atoms with Crippen molar-refractivity contribution in [1.82, 2.24) is 15.2 Å². The van der Waals surface area contributed by atoms with E-state index in [0.29, 0.717) is 22.7 Å². The Morgan fingerprint density at radius 2 is 1.83 bits per heavy atom. The lowest BCUT2D eigenvalue weighted by atomic mass is 10.1. The van der Waals surface area contributed by atoms with Crippen LogP contribution in [0.2, 0.25) is 0 Å². The van der Waals surface area contributed by atoms with Gasteiger partial charge < -0.3 is 10.2 Å². The Morgan fingerprint density at radius 3 is 2.47 bits per heavy atom. The normalized spacial score (nSPS) is 11.2. The highest BCUT2D eigenvalue weighted by molar-refractivity contribution is 7.13. The summed E-state index contributed by atoms with van der Waals surface area (Å²) in [6.45, 7) is 0.295. The van der Waals surface area contributed by atoms with Crippen LogP contribution in [0.5, 0.6) is 0 Å².